The minimum Gasteiger partial charge on any atom is -0.365 e. The lowest BCUT2D eigenvalue weighted by atomic mass is 10.1. The normalized spacial score (nSPS) is 17.9. The summed E-state index contributed by atoms with van der Waals surface area (Å²) >= 11 is 3.38. The first kappa shape index (κ1) is 9.97. The van der Waals surface area contributed by atoms with Gasteiger partial charge in [-0.3, -0.25) is 0 Å². The summed E-state index contributed by atoms with van der Waals surface area (Å²) in [6.45, 7) is 2.23. The van der Waals surface area contributed by atoms with E-state index in [1.165, 1.54) is 25.7 Å². The van der Waals surface area contributed by atoms with Gasteiger partial charge in [-0.2, -0.15) is 0 Å². The molecule has 3 heteroatoms. The zero-order chi connectivity index (χ0) is 10.0. The summed E-state index contributed by atoms with van der Waals surface area (Å²) in [4.78, 5) is 4.39. The SMILES string of the molecule is CCCC1(Nc2cccc(Br)n2)CC1. The highest BCUT2D eigenvalue weighted by Crippen LogP contribution is 2.42. The van der Waals surface area contributed by atoms with Crippen LogP contribution in [0.1, 0.15) is 32.6 Å². The lowest BCUT2D eigenvalue weighted by Crippen LogP contribution is -2.21. The quantitative estimate of drug-likeness (QED) is 0.831. The number of anilines is 1. The number of pyridine rings is 1. The number of halogens is 1. The Balaban J connectivity index is 2.03. The van der Waals surface area contributed by atoms with Gasteiger partial charge in [0.15, 0.2) is 0 Å². The summed E-state index contributed by atoms with van der Waals surface area (Å²) in [7, 11) is 0. The number of nitrogens with zero attached hydrogens (tertiary/aromatic N) is 1. The molecule has 2 rings (SSSR count). The van der Waals surface area contributed by atoms with Crippen molar-refractivity contribution < 1.29 is 0 Å². The molecule has 76 valence electrons. The summed E-state index contributed by atoms with van der Waals surface area (Å²) in [6.07, 6.45) is 5.06. The highest BCUT2D eigenvalue weighted by atomic mass is 79.9. The second-order valence-electron chi connectivity index (χ2n) is 4.00. The van der Waals surface area contributed by atoms with Gasteiger partial charge in [-0.25, -0.2) is 4.98 Å². The Kier molecular flexibility index (Phi) is 2.77. The number of hydrogen-bond donors (Lipinski definition) is 1. The molecule has 1 heterocycles. The molecule has 0 unspecified atom stereocenters. The Labute approximate surface area is 93.3 Å². The maximum Gasteiger partial charge on any atom is 0.127 e. The average Bonchev–Trinajstić information content (AvgIpc) is 2.85. The van der Waals surface area contributed by atoms with Crippen LogP contribution in [0.15, 0.2) is 22.8 Å². The van der Waals surface area contributed by atoms with E-state index in [-0.39, 0.29) is 0 Å². The minimum atomic E-state index is 0.364. The van der Waals surface area contributed by atoms with Crippen molar-refractivity contribution in [3.05, 3.63) is 22.8 Å². The molecule has 1 aliphatic carbocycles. The molecule has 1 saturated carbocycles. The molecule has 0 bridgehead atoms. The van der Waals surface area contributed by atoms with Gasteiger partial charge in [-0.05, 0) is 47.3 Å². The number of nitrogens with one attached hydrogen (secondary N) is 1. The smallest absolute Gasteiger partial charge is 0.127 e. The average molecular weight is 255 g/mol. The van der Waals surface area contributed by atoms with Crippen LogP contribution in [-0.2, 0) is 0 Å². The third-order valence-corrected chi connectivity index (χ3v) is 3.13. The molecule has 1 aromatic rings. The molecule has 0 aliphatic heterocycles. The molecular formula is C11H15BrN2. The molecule has 1 aromatic heterocycles. The Morgan fingerprint density at radius 2 is 2.29 bits per heavy atom. The molecule has 2 nitrogen and oxygen atoms in total. The van der Waals surface area contributed by atoms with Gasteiger partial charge in [0.05, 0.1) is 0 Å². The molecule has 0 atom stereocenters. The van der Waals surface area contributed by atoms with Gasteiger partial charge >= 0.3 is 0 Å². The summed E-state index contributed by atoms with van der Waals surface area (Å²) in [5, 5.41) is 3.53. The lowest BCUT2D eigenvalue weighted by Gasteiger charge is -2.16. The first-order valence-electron chi connectivity index (χ1n) is 5.15. The van der Waals surface area contributed by atoms with Gasteiger partial charge in [0.25, 0.3) is 0 Å². The largest absolute Gasteiger partial charge is 0.365 e. The second kappa shape index (κ2) is 3.89. The fourth-order valence-corrected chi connectivity index (χ4v) is 2.16. The highest BCUT2D eigenvalue weighted by molar-refractivity contribution is 9.10. The van der Waals surface area contributed by atoms with E-state index in [2.05, 4.69) is 33.2 Å². The second-order valence-corrected chi connectivity index (χ2v) is 4.81. The van der Waals surface area contributed by atoms with Crippen molar-refractivity contribution in [1.82, 2.24) is 4.98 Å². The third-order valence-electron chi connectivity index (χ3n) is 2.69. The van der Waals surface area contributed by atoms with Gasteiger partial charge in [0.1, 0.15) is 10.4 Å². The van der Waals surface area contributed by atoms with Crippen LogP contribution in [0.2, 0.25) is 0 Å². The topological polar surface area (TPSA) is 24.9 Å². The monoisotopic (exact) mass is 254 g/mol. The first-order valence-corrected chi connectivity index (χ1v) is 5.94. The molecule has 0 amide bonds. The minimum absolute atomic E-state index is 0.364. The Morgan fingerprint density at radius 3 is 2.86 bits per heavy atom. The van der Waals surface area contributed by atoms with Gasteiger partial charge in [-0.15, -0.1) is 0 Å². The Bertz CT molecular complexity index is 321. The van der Waals surface area contributed by atoms with Crippen molar-refractivity contribution in [1.29, 1.82) is 0 Å². The van der Waals surface area contributed by atoms with Crippen molar-refractivity contribution in [2.75, 3.05) is 5.32 Å². The fourth-order valence-electron chi connectivity index (χ4n) is 1.82. The molecule has 1 N–H and O–H groups in total. The highest BCUT2D eigenvalue weighted by Gasteiger charge is 2.41. The predicted molar refractivity (Wildman–Crippen MR) is 62.4 cm³/mol. The van der Waals surface area contributed by atoms with Crippen molar-refractivity contribution in [2.45, 2.75) is 38.1 Å². The summed E-state index contributed by atoms with van der Waals surface area (Å²) in [5.41, 5.74) is 0.364. The van der Waals surface area contributed by atoms with Crippen LogP contribution in [0, 0.1) is 0 Å². The summed E-state index contributed by atoms with van der Waals surface area (Å²) in [5.74, 6) is 0.991. The fraction of sp³-hybridized carbons (Fsp3) is 0.545. The van der Waals surface area contributed by atoms with Crippen LogP contribution >= 0.6 is 15.9 Å². The molecular weight excluding hydrogens is 240 g/mol. The van der Waals surface area contributed by atoms with Crippen LogP contribution in [0.5, 0.6) is 0 Å². The first-order chi connectivity index (χ1) is 6.74. The number of hydrogen-bond acceptors (Lipinski definition) is 2. The van der Waals surface area contributed by atoms with Crippen LogP contribution in [0.4, 0.5) is 5.82 Å². The van der Waals surface area contributed by atoms with E-state index in [1.54, 1.807) is 0 Å². The van der Waals surface area contributed by atoms with Crippen molar-refractivity contribution in [3.63, 3.8) is 0 Å². The zero-order valence-electron chi connectivity index (χ0n) is 8.39. The van der Waals surface area contributed by atoms with Crippen LogP contribution in [0.25, 0.3) is 0 Å². The summed E-state index contributed by atoms with van der Waals surface area (Å²) < 4.78 is 0.898. The molecule has 0 saturated heterocycles. The van der Waals surface area contributed by atoms with E-state index in [0.717, 1.165) is 10.4 Å². The zero-order valence-corrected chi connectivity index (χ0v) is 9.97. The molecule has 0 aromatic carbocycles. The van der Waals surface area contributed by atoms with Crippen LogP contribution < -0.4 is 5.32 Å². The van der Waals surface area contributed by atoms with E-state index >= 15 is 0 Å². The molecule has 0 radical (unpaired) electrons. The van der Waals surface area contributed by atoms with E-state index < -0.39 is 0 Å². The Morgan fingerprint density at radius 1 is 1.50 bits per heavy atom. The van der Waals surface area contributed by atoms with E-state index in [1.807, 2.05) is 18.2 Å². The van der Waals surface area contributed by atoms with Gasteiger partial charge in [0, 0.05) is 5.54 Å². The van der Waals surface area contributed by atoms with Gasteiger partial charge in [-0.1, -0.05) is 19.4 Å². The van der Waals surface area contributed by atoms with Gasteiger partial charge < -0.3 is 5.32 Å². The number of aromatic nitrogens is 1. The lowest BCUT2D eigenvalue weighted by molar-refractivity contribution is 0.636. The maximum atomic E-state index is 4.39. The van der Waals surface area contributed by atoms with Crippen molar-refractivity contribution >= 4 is 21.7 Å². The molecule has 1 aliphatic rings. The molecule has 1 fully saturated rings. The van der Waals surface area contributed by atoms with Crippen molar-refractivity contribution in [2.24, 2.45) is 0 Å². The molecule has 0 spiro atoms. The standard InChI is InChI=1S/C11H15BrN2/c1-2-6-11(7-8-11)14-10-5-3-4-9(12)13-10/h3-5H,2,6-8H2,1H3,(H,13,14). The van der Waals surface area contributed by atoms with Crippen LogP contribution in [-0.4, -0.2) is 10.5 Å². The van der Waals surface area contributed by atoms with E-state index in [0.29, 0.717) is 5.54 Å². The number of rotatable bonds is 4. The van der Waals surface area contributed by atoms with Crippen LogP contribution in [0.3, 0.4) is 0 Å². The van der Waals surface area contributed by atoms with E-state index in [9.17, 15) is 0 Å². The third kappa shape index (κ3) is 2.27. The van der Waals surface area contributed by atoms with E-state index in [4.69, 9.17) is 0 Å². The molecule has 14 heavy (non-hydrogen) atoms. The van der Waals surface area contributed by atoms with Gasteiger partial charge in [0.2, 0.25) is 0 Å². The Hall–Kier alpha value is -0.570. The summed E-state index contributed by atoms with van der Waals surface area (Å²) in [6, 6.07) is 5.99. The predicted octanol–water partition coefficient (Wildman–Crippen LogP) is 3.59. The maximum absolute atomic E-state index is 4.39. The van der Waals surface area contributed by atoms with Crippen molar-refractivity contribution in [3.8, 4) is 0 Å².